The van der Waals surface area contributed by atoms with Gasteiger partial charge in [0.25, 0.3) is 0 Å². The first-order valence-electron chi connectivity index (χ1n) is 5.80. The van der Waals surface area contributed by atoms with Crippen LogP contribution in [-0.2, 0) is 10.0 Å². The lowest BCUT2D eigenvalue weighted by Gasteiger charge is -2.07. The molecule has 0 bridgehead atoms. The molecule has 0 aliphatic carbocycles. The standard InChI is InChI=1S/C11H11N7O2S/c12-11-17-9-8(14-5-15-9)10(18-11)16-6-1-3-7(4-2-6)21(13,19)20/h1-5H,(H2,13,19,20)(H4,12,14,15,16,17,18). The molecule has 0 unspecified atom stereocenters. The summed E-state index contributed by atoms with van der Waals surface area (Å²) in [6, 6.07) is 5.93. The zero-order valence-electron chi connectivity index (χ0n) is 10.6. The van der Waals surface area contributed by atoms with Gasteiger partial charge in [-0.1, -0.05) is 0 Å². The summed E-state index contributed by atoms with van der Waals surface area (Å²) in [6.45, 7) is 0. The first-order valence-corrected chi connectivity index (χ1v) is 7.34. The van der Waals surface area contributed by atoms with Crippen LogP contribution in [0.4, 0.5) is 17.5 Å². The van der Waals surface area contributed by atoms with Crippen molar-refractivity contribution in [1.82, 2.24) is 19.9 Å². The van der Waals surface area contributed by atoms with Crippen molar-refractivity contribution < 1.29 is 8.42 Å². The van der Waals surface area contributed by atoms with Gasteiger partial charge >= 0.3 is 0 Å². The Labute approximate surface area is 119 Å². The molecular weight excluding hydrogens is 294 g/mol. The number of nitrogen functional groups attached to an aromatic ring is 1. The Bertz CT molecular complexity index is 902. The number of hydrogen-bond donors (Lipinski definition) is 4. The summed E-state index contributed by atoms with van der Waals surface area (Å²) in [4.78, 5) is 15.0. The van der Waals surface area contributed by atoms with Gasteiger partial charge in [-0.2, -0.15) is 9.97 Å². The SMILES string of the molecule is Nc1nc(Nc2ccc(S(N)(=O)=O)cc2)c2[nH]cnc2n1. The Hall–Kier alpha value is -2.72. The van der Waals surface area contributed by atoms with E-state index in [4.69, 9.17) is 10.9 Å². The van der Waals surface area contributed by atoms with E-state index in [1.807, 2.05) is 0 Å². The number of H-pyrrole nitrogens is 1. The van der Waals surface area contributed by atoms with Gasteiger partial charge < -0.3 is 16.0 Å². The van der Waals surface area contributed by atoms with Gasteiger partial charge in [0.2, 0.25) is 16.0 Å². The van der Waals surface area contributed by atoms with Gasteiger partial charge in [-0.05, 0) is 24.3 Å². The second kappa shape index (κ2) is 4.68. The Morgan fingerprint density at radius 3 is 2.52 bits per heavy atom. The maximum Gasteiger partial charge on any atom is 0.238 e. The Morgan fingerprint density at radius 1 is 1.14 bits per heavy atom. The fourth-order valence-electron chi connectivity index (χ4n) is 1.81. The van der Waals surface area contributed by atoms with E-state index in [0.717, 1.165) is 0 Å². The summed E-state index contributed by atoms with van der Waals surface area (Å²) in [7, 11) is -3.71. The quantitative estimate of drug-likeness (QED) is 0.543. The normalized spacial score (nSPS) is 11.7. The lowest BCUT2D eigenvalue weighted by atomic mass is 10.3. The molecule has 0 radical (unpaired) electrons. The third-order valence-corrected chi connectivity index (χ3v) is 3.68. The first kappa shape index (κ1) is 13.3. The summed E-state index contributed by atoms with van der Waals surface area (Å²) >= 11 is 0. The molecule has 1 aromatic carbocycles. The molecule has 6 N–H and O–H groups in total. The highest BCUT2D eigenvalue weighted by molar-refractivity contribution is 7.89. The molecule has 21 heavy (non-hydrogen) atoms. The van der Waals surface area contributed by atoms with Crippen LogP contribution in [0.5, 0.6) is 0 Å². The van der Waals surface area contributed by atoms with Gasteiger partial charge in [0.05, 0.1) is 11.2 Å². The van der Waals surface area contributed by atoms with E-state index in [1.54, 1.807) is 12.1 Å². The number of benzene rings is 1. The number of primary sulfonamides is 1. The lowest BCUT2D eigenvalue weighted by Crippen LogP contribution is -2.11. The number of aromatic nitrogens is 4. The summed E-state index contributed by atoms with van der Waals surface area (Å²) in [5, 5.41) is 8.06. The Balaban J connectivity index is 1.97. The van der Waals surface area contributed by atoms with Crippen molar-refractivity contribution in [3.63, 3.8) is 0 Å². The van der Waals surface area contributed by atoms with Crippen molar-refractivity contribution in [2.45, 2.75) is 4.90 Å². The predicted octanol–water partition coefficient (Wildman–Crippen LogP) is 0.326. The van der Waals surface area contributed by atoms with E-state index in [9.17, 15) is 8.42 Å². The van der Waals surface area contributed by atoms with E-state index in [1.165, 1.54) is 18.5 Å². The van der Waals surface area contributed by atoms with E-state index in [0.29, 0.717) is 22.7 Å². The highest BCUT2D eigenvalue weighted by atomic mass is 32.2. The third kappa shape index (κ3) is 2.61. The van der Waals surface area contributed by atoms with Crippen molar-refractivity contribution in [3.05, 3.63) is 30.6 Å². The van der Waals surface area contributed by atoms with Crippen LogP contribution in [0.15, 0.2) is 35.5 Å². The zero-order chi connectivity index (χ0) is 15.0. The van der Waals surface area contributed by atoms with Crippen molar-refractivity contribution in [1.29, 1.82) is 0 Å². The van der Waals surface area contributed by atoms with E-state index in [2.05, 4.69) is 25.3 Å². The Morgan fingerprint density at radius 2 is 1.86 bits per heavy atom. The molecule has 10 heteroatoms. The molecule has 0 amide bonds. The number of anilines is 3. The molecule has 3 rings (SSSR count). The monoisotopic (exact) mass is 305 g/mol. The van der Waals surface area contributed by atoms with Crippen LogP contribution in [-0.4, -0.2) is 28.4 Å². The number of nitrogens with two attached hydrogens (primary N) is 2. The summed E-state index contributed by atoms with van der Waals surface area (Å²) in [6.07, 6.45) is 1.48. The van der Waals surface area contributed by atoms with Crippen LogP contribution >= 0.6 is 0 Å². The lowest BCUT2D eigenvalue weighted by molar-refractivity contribution is 0.598. The van der Waals surface area contributed by atoms with Crippen LogP contribution in [0.3, 0.4) is 0 Å². The van der Waals surface area contributed by atoms with Gasteiger partial charge in [0.15, 0.2) is 11.5 Å². The van der Waals surface area contributed by atoms with Gasteiger partial charge in [0.1, 0.15) is 5.52 Å². The van der Waals surface area contributed by atoms with E-state index in [-0.39, 0.29) is 10.8 Å². The molecule has 0 saturated heterocycles. The van der Waals surface area contributed by atoms with Crippen LogP contribution in [0.2, 0.25) is 0 Å². The van der Waals surface area contributed by atoms with Crippen molar-refractivity contribution >= 4 is 38.6 Å². The van der Waals surface area contributed by atoms with Gasteiger partial charge in [0, 0.05) is 5.69 Å². The molecule has 2 aromatic heterocycles. The summed E-state index contributed by atoms with van der Waals surface area (Å²) in [5.74, 6) is 0.525. The van der Waals surface area contributed by atoms with E-state index >= 15 is 0 Å². The fraction of sp³-hybridized carbons (Fsp3) is 0. The summed E-state index contributed by atoms with van der Waals surface area (Å²) in [5.41, 5.74) is 7.26. The third-order valence-electron chi connectivity index (χ3n) is 2.75. The number of rotatable bonds is 3. The van der Waals surface area contributed by atoms with E-state index < -0.39 is 10.0 Å². The molecule has 0 atom stereocenters. The number of hydrogen-bond acceptors (Lipinski definition) is 7. The largest absolute Gasteiger partial charge is 0.368 e. The minimum absolute atomic E-state index is 0.0296. The fourth-order valence-corrected chi connectivity index (χ4v) is 2.32. The first-order chi connectivity index (χ1) is 9.93. The number of nitrogens with zero attached hydrogens (tertiary/aromatic N) is 3. The predicted molar refractivity (Wildman–Crippen MR) is 77.2 cm³/mol. The number of aromatic amines is 1. The summed E-state index contributed by atoms with van der Waals surface area (Å²) < 4.78 is 22.4. The maximum atomic E-state index is 11.2. The van der Waals surface area contributed by atoms with Crippen molar-refractivity contribution in [2.24, 2.45) is 5.14 Å². The van der Waals surface area contributed by atoms with Crippen LogP contribution < -0.4 is 16.2 Å². The number of sulfonamides is 1. The molecular formula is C11H11N7O2S. The van der Waals surface area contributed by atoms with Gasteiger partial charge in [-0.3, -0.25) is 0 Å². The van der Waals surface area contributed by atoms with Crippen LogP contribution in [0.1, 0.15) is 0 Å². The molecule has 0 saturated carbocycles. The van der Waals surface area contributed by atoms with Crippen LogP contribution in [0, 0.1) is 0 Å². The minimum atomic E-state index is -3.71. The van der Waals surface area contributed by atoms with Crippen molar-refractivity contribution in [2.75, 3.05) is 11.1 Å². The second-order valence-electron chi connectivity index (χ2n) is 4.23. The molecule has 3 aromatic rings. The maximum absolute atomic E-state index is 11.2. The van der Waals surface area contributed by atoms with Crippen LogP contribution in [0.25, 0.3) is 11.2 Å². The number of imidazole rings is 1. The molecule has 0 aliphatic rings. The number of nitrogens with one attached hydrogen (secondary N) is 2. The minimum Gasteiger partial charge on any atom is -0.368 e. The topological polar surface area (TPSA) is 153 Å². The molecule has 108 valence electrons. The highest BCUT2D eigenvalue weighted by Gasteiger charge is 2.10. The molecule has 0 spiro atoms. The smallest absolute Gasteiger partial charge is 0.238 e. The second-order valence-corrected chi connectivity index (χ2v) is 5.79. The average Bonchev–Trinajstić information content (AvgIpc) is 2.86. The zero-order valence-corrected chi connectivity index (χ0v) is 11.4. The molecule has 0 aliphatic heterocycles. The Kier molecular flexibility index (Phi) is 2.96. The van der Waals surface area contributed by atoms with Gasteiger partial charge in [-0.15, -0.1) is 0 Å². The van der Waals surface area contributed by atoms with Gasteiger partial charge in [-0.25, -0.2) is 18.5 Å². The average molecular weight is 305 g/mol. The molecule has 2 heterocycles. The molecule has 0 fully saturated rings. The molecule has 9 nitrogen and oxygen atoms in total. The number of fused-ring (bicyclic) bond motifs is 1. The highest BCUT2D eigenvalue weighted by Crippen LogP contribution is 2.22. The van der Waals surface area contributed by atoms with Crippen molar-refractivity contribution in [3.8, 4) is 0 Å².